The molecule has 0 unspecified atom stereocenters. The third kappa shape index (κ3) is 4.03. The predicted molar refractivity (Wildman–Crippen MR) is 66.9 cm³/mol. The van der Waals surface area contributed by atoms with Crippen molar-refractivity contribution in [1.82, 2.24) is 4.98 Å². The van der Waals surface area contributed by atoms with Gasteiger partial charge in [-0.1, -0.05) is 0 Å². The summed E-state index contributed by atoms with van der Waals surface area (Å²) >= 11 is 0. The van der Waals surface area contributed by atoms with Crippen LogP contribution in [0.15, 0.2) is 6.07 Å². The van der Waals surface area contributed by atoms with Crippen molar-refractivity contribution in [3.63, 3.8) is 0 Å². The molecular weight excluding hydrogens is 232 g/mol. The fourth-order valence-corrected chi connectivity index (χ4v) is 1.52. The van der Waals surface area contributed by atoms with Crippen molar-refractivity contribution in [3.8, 4) is 6.07 Å². The third-order valence-corrected chi connectivity index (χ3v) is 2.24. The fourth-order valence-electron chi connectivity index (χ4n) is 1.52. The third-order valence-electron chi connectivity index (χ3n) is 2.24. The van der Waals surface area contributed by atoms with Crippen molar-refractivity contribution >= 4 is 11.7 Å². The summed E-state index contributed by atoms with van der Waals surface area (Å²) in [7, 11) is 0. The highest BCUT2D eigenvalue weighted by atomic mass is 16.5. The van der Waals surface area contributed by atoms with E-state index in [1.165, 1.54) is 0 Å². The number of ether oxygens (including phenoxy) is 1. The number of hydrogen-bond acceptors (Lipinski definition) is 5. The summed E-state index contributed by atoms with van der Waals surface area (Å²) < 4.78 is 5.00. The quantitative estimate of drug-likeness (QED) is 0.713. The normalized spacial score (nSPS) is 9.83. The molecule has 3 N–H and O–H groups in total. The van der Waals surface area contributed by atoms with E-state index in [1.54, 1.807) is 0 Å². The van der Waals surface area contributed by atoms with Crippen LogP contribution in [0.4, 0.5) is 5.82 Å². The predicted octanol–water partition coefficient (Wildman–Crippen LogP) is 0.484. The minimum Gasteiger partial charge on any atom is -0.370 e. The van der Waals surface area contributed by atoms with Crippen LogP contribution in [0.1, 0.15) is 16.8 Å². The molecule has 96 valence electrons. The average Bonchev–Trinajstić information content (AvgIpc) is 2.27. The van der Waals surface area contributed by atoms with E-state index in [2.05, 4.69) is 16.4 Å². The molecule has 0 saturated carbocycles. The number of aromatic nitrogens is 1. The van der Waals surface area contributed by atoms with Crippen molar-refractivity contribution in [1.29, 1.82) is 5.26 Å². The van der Waals surface area contributed by atoms with Crippen LogP contribution in [0, 0.1) is 25.2 Å². The number of nitrogens with zero attached hydrogens (tertiary/aromatic N) is 2. The summed E-state index contributed by atoms with van der Waals surface area (Å²) in [6.07, 6.45) is 0. The summed E-state index contributed by atoms with van der Waals surface area (Å²) in [5.74, 6) is 0.0370. The second-order valence-corrected chi connectivity index (χ2v) is 3.86. The van der Waals surface area contributed by atoms with Gasteiger partial charge in [0.25, 0.3) is 0 Å². The lowest BCUT2D eigenvalue weighted by Gasteiger charge is -2.10. The van der Waals surface area contributed by atoms with Gasteiger partial charge in [0.15, 0.2) is 0 Å². The minimum atomic E-state index is -0.503. The Bertz CT molecular complexity index is 480. The zero-order chi connectivity index (χ0) is 13.5. The van der Waals surface area contributed by atoms with Gasteiger partial charge >= 0.3 is 0 Å². The first-order valence-corrected chi connectivity index (χ1v) is 5.53. The molecule has 1 rings (SSSR count). The lowest BCUT2D eigenvalue weighted by atomic mass is 10.1. The Labute approximate surface area is 106 Å². The van der Waals surface area contributed by atoms with Gasteiger partial charge in [0.2, 0.25) is 5.91 Å². The van der Waals surface area contributed by atoms with Gasteiger partial charge in [-0.3, -0.25) is 4.79 Å². The Balaban J connectivity index is 2.57. The van der Waals surface area contributed by atoms with Crippen LogP contribution in [0.2, 0.25) is 0 Å². The van der Waals surface area contributed by atoms with Crippen LogP contribution in [0.3, 0.4) is 0 Å². The first kappa shape index (κ1) is 13.9. The first-order valence-electron chi connectivity index (χ1n) is 5.53. The van der Waals surface area contributed by atoms with E-state index < -0.39 is 5.91 Å². The van der Waals surface area contributed by atoms with Gasteiger partial charge in [-0.15, -0.1) is 0 Å². The Hall–Kier alpha value is -2.13. The lowest BCUT2D eigenvalue weighted by molar-refractivity contribution is -0.122. The van der Waals surface area contributed by atoms with E-state index in [0.717, 1.165) is 11.3 Å². The average molecular weight is 248 g/mol. The number of carbonyl (C=O) groups excluding carboxylic acids is 1. The van der Waals surface area contributed by atoms with Crippen LogP contribution >= 0.6 is 0 Å². The minimum absolute atomic E-state index is 0.104. The molecular formula is C12H16N4O2. The van der Waals surface area contributed by atoms with Gasteiger partial charge in [-0.2, -0.15) is 5.26 Å². The fraction of sp³-hybridized carbons (Fsp3) is 0.417. The van der Waals surface area contributed by atoms with E-state index in [0.29, 0.717) is 24.5 Å². The molecule has 0 fully saturated rings. The number of hydrogen-bond donors (Lipinski definition) is 2. The van der Waals surface area contributed by atoms with Crippen molar-refractivity contribution in [2.75, 3.05) is 25.1 Å². The van der Waals surface area contributed by atoms with Gasteiger partial charge in [0, 0.05) is 12.2 Å². The van der Waals surface area contributed by atoms with E-state index in [1.807, 2.05) is 19.9 Å². The Morgan fingerprint density at radius 1 is 1.61 bits per heavy atom. The second-order valence-electron chi connectivity index (χ2n) is 3.86. The molecule has 6 nitrogen and oxygen atoms in total. The van der Waals surface area contributed by atoms with Crippen LogP contribution in [0.25, 0.3) is 0 Å². The topological polar surface area (TPSA) is 101 Å². The van der Waals surface area contributed by atoms with Gasteiger partial charge in [0.1, 0.15) is 18.5 Å². The van der Waals surface area contributed by atoms with Crippen molar-refractivity contribution in [2.24, 2.45) is 5.73 Å². The molecule has 0 radical (unpaired) electrons. The zero-order valence-corrected chi connectivity index (χ0v) is 10.5. The summed E-state index contributed by atoms with van der Waals surface area (Å²) in [5, 5.41) is 12.1. The largest absolute Gasteiger partial charge is 0.370 e. The van der Waals surface area contributed by atoms with Crippen LogP contribution in [-0.2, 0) is 9.53 Å². The summed E-state index contributed by atoms with van der Waals surface area (Å²) in [6.45, 7) is 4.40. The van der Waals surface area contributed by atoms with Crippen LogP contribution < -0.4 is 11.1 Å². The van der Waals surface area contributed by atoms with E-state index in [9.17, 15) is 4.79 Å². The van der Waals surface area contributed by atoms with Gasteiger partial charge in [0.05, 0.1) is 12.2 Å². The Kier molecular flexibility index (Phi) is 5.08. The molecule has 1 amide bonds. The number of nitrogens with two attached hydrogens (primary N) is 1. The number of amides is 1. The van der Waals surface area contributed by atoms with Crippen LogP contribution in [0.5, 0.6) is 0 Å². The number of aryl methyl sites for hydroxylation is 2. The molecule has 1 heterocycles. The lowest BCUT2D eigenvalue weighted by Crippen LogP contribution is -2.21. The first-order chi connectivity index (χ1) is 8.54. The molecule has 6 heteroatoms. The molecule has 0 bridgehead atoms. The molecule has 0 aromatic carbocycles. The van der Waals surface area contributed by atoms with Crippen molar-refractivity contribution in [3.05, 3.63) is 22.9 Å². The van der Waals surface area contributed by atoms with E-state index >= 15 is 0 Å². The maximum atomic E-state index is 10.4. The number of nitriles is 1. The van der Waals surface area contributed by atoms with Gasteiger partial charge in [-0.05, 0) is 25.5 Å². The highest BCUT2D eigenvalue weighted by Gasteiger charge is 2.07. The summed E-state index contributed by atoms with van der Waals surface area (Å²) in [6, 6.07) is 3.96. The molecule has 0 aliphatic heterocycles. The number of nitrogens with one attached hydrogen (secondary N) is 1. The highest BCUT2D eigenvalue weighted by Crippen LogP contribution is 2.16. The summed E-state index contributed by atoms with van der Waals surface area (Å²) in [5.41, 5.74) is 7.18. The smallest absolute Gasteiger partial charge is 0.243 e. The molecule has 0 aliphatic rings. The number of carbonyl (C=O) groups is 1. The Morgan fingerprint density at radius 2 is 2.33 bits per heavy atom. The van der Waals surface area contributed by atoms with Gasteiger partial charge < -0.3 is 15.8 Å². The zero-order valence-electron chi connectivity index (χ0n) is 10.5. The highest BCUT2D eigenvalue weighted by molar-refractivity contribution is 5.74. The SMILES string of the molecule is Cc1cc(C)c(C#N)c(NCCOCC(N)=O)n1. The number of pyridine rings is 1. The second kappa shape index (κ2) is 6.57. The van der Waals surface area contributed by atoms with Crippen LogP contribution in [-0.4, -0.2) is 30.6 Å². The van der Waals surface area contributed by atoms with Crippen molar-refractivity contribution < 1.29 is 9.53 Å². The standard InChI is InChI=1S/C12H16N4O2/c1-8-5-9(2)16-12(10(8)6-13)15-3-4-18-7-11(14)17/h5H,3-4,7H2,1-2H3,(H2,14,17)(H,15,16). The Morgan fingerprint density at radius 3 is 2.94 bits per heavy atom. The van der Waals surface area contributed by atoms with Gasteiger partial charge in [-0.25, -0.2) is 4.98 Å². The molecule has 0 atom stereocenters. The molecule has 1 aromatic rings. The monoisotopic (exact) mass is 248 g/mol. The number of primary amides is 1. The maximum absolute atomic E-state index is 10.4. The molecule has 1 aromatic heterocycles. The molecule has 0 aliphatic carbocycles. The van der Waals surface area contributed by atoms with E-state index in [4.69, 9.17) is 15.7 Å². The number of rotatable bonds is 6. The molecule has 0 spiro atoms. The number of anilines is 1. The molecule has 18 heavy (non-hydrogen) atoms. The van der Waals surface area contributed by atoms with Crippen molar-refractivity contribution in [2.45, 2.75) is 13.8 Å². The maximum Gasteiger partial charge on any atom is 0.243 e. The summed E-state index contributed by atoms with van der Waals surface area (Å²) in [4.78, 5) is 14.7. The molecule has 0 saturated heterocycles. The van der Waals surface area contributed by atoms with E-state index in [-0.39, 0.29) is 6.61 Å².